The van der Waals surface area contributed by atoms with Crippen molar-refractivity contribution in [3.63, 3.8) is 0 Å². The largest absolute Gasteiger partial charge is 0.490 e. The van der Waals surface area contributed by atoms with Crippen LogP contribution < -0.4 is 9.47 Å². The molecular formula is C14H12F3NO2. The summed E-state index contributed by atoms with van der Waals surface area (Å²) in [7, 11) is 0. The number of benzene rings is 1. The third kappa shape index (κ3) is 4.15. The third-order valence-corrected chi connectivity index (χ3v) is 2.36. The quantitative estimate of drug-likeness (QED) is 0.786. The highest BCUT2D eigenvalue weighted by atomic mass is 19.4. The fourth-order valence-electron chi connectivity index (χ4n) is 1.48. The maximum absolute atomic E-state index is 12.4. The standard InChI is InChI=1S/C14H12F3NO2/c15-14(16,17)12-7-4-8-13(18-12)20-10-9-19-11-5-2-1-3-6-11/h1-8H,9-10H2. The van der Waals surface area contributed by atoms with E-state index in [0.717, 1.165) is 6.07 Å². The summed E-state index contributed by atoms with van der Waals surface area (Å²) in [6.45, 7) is 0.338. The monoisotopic (exact) mass is 283 g/mol. The van der Waals surface area contributed by atoms with E-state index in [4.69, 9.17) is 9.47 Å². The van der Waals surface area contributed by atoms with Crippen LogP contribution in [-0.4, -0.2) is 18.2 Å². The molecule has 2 rings (SSSR count). The molecule has 1 heterocycles. The topological polar surface area (TPSA) is 31.4 Å². The Bertz CT molecular complexity index is 544. The zero-order valence-corrected chi connectivity index (χ0v) is 10.4. The average molecular weight is 283 g/mol. The minimum Gasteiger partial charge on any atom is -0.490 e. The molecule has 20 heavy (non-hydrogen) atoms. The summed E-state index contributed by atoms with van der Waals surface area (Å²) in [4.78, 5) is 3.39. The highest BCUT2D eigenvalue weighted by Gasteiger charge is 2.32. The van der Waals surface area contributed by atoms with Crippen LogP contribution in [0.25, 0.3) is 0 Å². The number of hydrogen-bond acceptors (Lipinski definition) is 3. The number of aromatic nitrogens is 1. The summed E-state index contributed by atoms with van der Waals surface area (Å²) in [5, 5.41) is 0. The van der Waals surface area contributed by atoms with Crippen LogP contribution >= 0.6 is 0 Å². The van der Waals surface area contributed by atoms with E-state index in [1.165, 1.54) is 12.1 Å². The first kappa shape index (κ1) is 14.2. The number of para-hydroxylation sites is 1. The van der Waals surface area contributed by atoms with Crippen LogP contribution in [0.1, 0.15) is 5.69 Å². The van der Waals surface area contributed by atoms with Crippen molar-refractivity contribution in [3.05, 3.63) is 54.2 Å². The first-order valence-corrected chi connectivity index (χ1v) is 5.90. The summed E-state index contributed by atoms with van der Waals surface area (Å²) in [6, 6.07) is 12.6. The van der Waals surface area contributed by atoms with E-state index in [0.29, 0.717) is 5.75 Å². The molecule has 0 saturated carbocycles. The molecule has 0 aliphatic rings. The minimum atomic E-state index is -4.47. The van der Waals surface area contributed by atoms with Gasteiger partial charge in [0.2, 0.25) is 5.88 Å². The summed E-state index contributed by atoms with van der Waals surface area (Å²) in [5.74, 6) is 0.601. The fraction of sp³-hybridized carbons (Fsp3) is 0.214. The molecule has 106 valence electrons. The van der Waals surface area contributed by atoms with E-state index in [2.05, 4.69) is 4.98 Å². The highest BCUT2D eigenvalue weighted by Crippen LogP contribution is 2.28. The molecule has 0 unspecified atom stereocenters. The zero-order chi connectivity index (χ0) is 14.4. The Kier molecular flexibility index (Phi) is 4.45. The molecule has 0 aliphatic carbocycles. The Morgan fingerprint density at radius 1 is 0.850 bits per heavy atom. The van der Waals surface area contributed by atoms with Crippen LogP contribution in [0.5, 0.6) is 11.6 Å². The van der Waals surface area contributed by atoms with Gasteiger partial charge >= 0.3 is 6.18 Å². The van der Waals surface area contributed by atoms with E-state index in [9.17, 15) is 13.2 Å². The van der Waals surface area contributed by atoms with E-state index >= 15 is 0 Å². The van der Waals surface area contributed by atoms with E-state index < -0.39 is 11.9 Å². The number of nitrogens with zero attached hydrogens (tertiary/aromatic N) is 1. The number of hydrogen-bond donors (Lipinski definition) is 0. The molecule has 0 N–H and O–H groups in total. The van der Waals surface area contributed by atoms with Gasteiger partial charge in [0.15, 0.2) is 0 Å². The molecule has 1 aromatic heterocycles. The summed E-state index contributed by atoms with van der Waals surface area (Å²) >= 11 is 0. The number of pyridine rings is 1. The normalized spacial score (nSPS) is 11.2. The molecule has 3 nitrogen and oxygen atoms in total. The van der Waals surface area contributed by atoms with E-state index in [1.807, 2.05) is 18.2 Å². The number of halogens is 3. The lowest BCUT2D eigenvalue weighted by Gasteiger charge is -2.09. The second-order valence-electron chi connectivity index (χ2n) is 3.87. The van der Waals surface area contributed by atoms with Crippen molar-refractivity contribution in [2.45, 2.75) is 6.18 Å². The zero-order valence-electron chi connectivity index (χ0n) is 10.4. The second-order valence-corrected chi connectivity index (χ2v) is 3.87. The van der Waals surface area contributed by atoms with Gasteiger partial charge in [-0.25, -0.2) is 4.98 Å². The molecule has 0 atom stereocenters. The maximum Gasteiger partial charge on any atom is 0.433 e. The van der Waals surface area contributed by atoms with Gasteiger partial charge in [-0.05, 0) is 18.2 Å². The lowest BCUT2D eigenvalue weighted by molar-refractivity contribution is -0.141. The van der Waals surface area contributed by atoms with Crippen LogP contribution in [0, 0.1) is 0 Å². The van der Waals surface area contributed by atoms with Crippen LogP contribution in [0.3, 0.4) is 0 Å². The number of ether oxygens (including phenoxy) is 2. The lowest BCUT2D eigenvalue weighted by Crippen LogP contribution is -2.12. The Labute approximate surface area is 114 Å². The van der Waals surface area contributed by atoms with Crippen molar-refractivity contribution < 1.29 is 22.6 Å². The minimum absolute atomic E-state index is 0.0727. The van der Waals surface area contributed by atoms with Crippen molar-refractivity contribution in [2.24, 2.45) is 0 Å². The molecule has 0 amide bonds. The molecule has 0 aliphatic heterocycles. The predicted octanol–water partition coefficient (Wildman–Crippen LogP) is 3.56. The molecule has 2 aromatic rings. The molecule has 1 aromatic carbocycles. The van der Waals surface area contributed by atoms with Gasteiger partial charge < -0.3 is 9.47 Å². The first-order chi connectivity index (χ1) is 9.55. The summed E-state index contributed by atoms with van der Waals surface area (Å²) in [5.41, 5.74) is -0.973. The number of rotatable bonds is 5. The fourth-order valence-corrected chi connectivity index (χ4v) is 1.48. The lowest BCUT2D eigenvalue weighted by atomic mass is 10.3. The van der Waals surface area contributed by atoms with Gasteiger partial charge in [0, 0.05) is 6.07 Å². The van der Waals surface area contributed by atoms with Gasteiger partial charge in [0.1, 0.15) is 24.7 Å². The van der Waals surface area contributed by atoms with Crippen molar-refractivity contribution in [3.8, 4) is 11.6 Å². The Morgan fingerprint density at radius 3 is 2.25 bits per heavy atom. The van der Waals surface area contributed by atoms with Gasteiger partial charge in [-0.2, -0.15) is 13.2 Å². The van der Waals surface area contributed by atoms with Crippen LogP contribution in [0.2, 0.25) is 0 Å². The maximum atomic E-state index is 12.4. The Balaban J connectivity index is 1.83. The summed E-state index contributed by atoms with van der Waals surface area (Å²) < 4.78 is 47.8. The molecular weight excluding hydrogens is 271 g/mol. The van der Waals surface area contributed by atoms with Crippen LogP contribution in [0.4, 0.5) is 13.2 Å². The molecule has 6 heteroatoms. The van der Waals surface area contributed by atoms with Gasteiger partial charge in [0.05, 0.1) is 0 Å². The molecule has 0 spiro atoms. The second kappa shape index (κ2) is 6.27. The predicted molar refractivity (Wildman–Crippen MR) is 66.7 cm³/mol. The van der Waals surface area contributed by atoms with E-state index in [-0.39, 0.29) is 19.1 Å². The number of alkyl halides is 3. The molecule has 0 fully saturated rings. The molecule has 0 saturated heterocycles. The highest BCUT2D eigenvalue weighted by molar-refractivity contribution is 5.21. The van der Waals surface area contributed by atoms with E-state index in [1.54, 1.807) is 12.1 Å². The van der Waals surface area contributed by atoms with Gasteiger partial charge in [-0.15, -0.1) is 0 Å². The van der Waals surface area contributed by atoms with Crippen LogP contribution in [0.15, 0.2) is 48.5 Å². The molecule has 0 bridgehead atoms. The van der Waals surface area contributed by atoms with Crippen molar-refractivity contribution in [1.82, 2.24) is 4.98 Å². The average Bonchev–Trinajstić information content (AvgIpc) is 2.44. The Morgan fingerprint density at radius 2 is 1.55 bits per heavy atom. The van der Waals surface area contributed by atoms with Crippen LogP contribution in [-0.2, 0) is 6.18 Å². The van der Waals surface area contributed by atoms with Gasteiger partial charge in [-0.1, -0.05) is 24.3 Å². The SMILES string of the molecule is FC(F)(F)c1cccc(OCCOc2ccccc2)n1. The van der Waals surface area contributed by atoms with Gasteiger partial charge in [-0.3, -0.25) is 0 Å². The summed E-state index contributed by atoms with van der Waals surface area (Å²) in [6.07, 6.45) is -4.47. The van der Waals surface area contributed by atoms with Crippen molar-refractivity contribution in [1.29, 1.82) is 0 Å². The first-order valence-electron chi connectivity index (χ1n) is 5.90. The third-order valence-electron chi connectivity index (χ3n) is 2.36. The van der Waals surface area contributed by atoms with Crippen molar-refractivity contribution >= 4 is 0 Å². The Hall–Kier alpha value is -2.24. The molecule has 0 radical (unpaired) electrons. The smallest absolute Gasteiger partial charge is 0.433 e. The van der Waals surface area contributed by atoms with Crippen molar-refractivity contribution in [2.75, 3.05) is 13.2 Å². The van der Waals surface area contributed by atoms with Gasteiger partial charge in [0.25, 0.3) is 0 Å².